The van der Waals surface area contributed by atoms with Crippen molar-refractivity contribution >= 4 is 13.6 Å². The van der Waals surface area contributed by atoms with E-state index in [2.05, 4.69) is 26.6 Å². The third kappa shape index (κ3) is 7.10. The Morgan fingerprint density at radius 1 is 1.24 bits per heavy atom. The Balaban J connectivity index is 0.00000121. The zero-order valence-corrected chi connectivity index (χ0v) is 14.5. The molecule has 0 spiro atoms. The summed E-state index contributed by atoms with van der Waals surface area (Å²) in [5, 5.41) is 0. The standard InChI is InChI=1S/C12H15F2O.BrH.Zn/c1-2-3-4-5-9-15-11-8-6-7-10(13)12(11)14;;/h7-8H,2-5,9H2,1H3;1H;/q-1;;+2/p-1. The van der Waals surface area contributed by atoms with Crippen LogP contribution in [0.2, 0.25) is 0 Å². The van der Waals surface area contributed by atoms with Gasteiger partial charge < -0.3 is 4.74 Å². The molecule has 1 rings (SSSR count). The molecule has 0 bridgehead atoms. The van der Waals surface area contributed by atoms with Crippen LogP contribution in [0.3, 0.4) is 0 Å². The summed E-state index contributed by atoms with van der Waals surface area (Å²) in [5.41, 5.74) is 0. The number of ether oxygens (including phenoxy) is 1. The predicted octanol–water partition coefficient (Wildman–Crippen LogP) is 4.57. The van der Waals surface area contributed by atoms with Gasteiger partial charge in [-0.05, 0) is 6.42 Å². The summed E-state index contributed by atoms with van der Waals surface area (Å²) in [4.78, 5) is 0. The van der Waals surface area contributed by atoms with Gasteiger partial charge >= 0.3 is 30.0 Å². The fourth-order valence-corrected chi connectivity index (χ4v) is 1.25. The molecule has 5 heteroatoms. The average molecular weight is 359 g/mol. The molecule has 0 aliphatic carbocycles. The number of halogens is 3. The van der Waals surface area contributed by atoms with Crippen molar-refractivity contribution < 1.29 is 29.9 Å². The van der Waals surface area contributed by atoms with Gasteiger partial charge in [-0.25, -0.2) is 4.39 Å². The molecular weight excluding hydrogens is 343 g/mol. The van der Waals surface area contributed by atoms with Gasteiger partial charge in [-0.2, -0.15) is 6.07 Å². The van der Waals surface area contributed by atoms with E-state index in [0.717, 1.165) is 31.7 Å². The van der Waals surface area contributed by atoms with E-state index in [9.17, 15) is 8.78 Å². The summed E-state index contributed by atoms with van der Waals surface area (Å²) >= 11 is 4.25. The normalized spacial score (nSPS) is 9.53. The Morgan fingerprint density at radius 2 is 1.94 bits per heavy atom. The molecule has 1 aromatic rings. The van der Waals surface area contributed by atoms with E-state index in [1.807, 2.05) is 0 Å². The quantitative estimate of drug-likeness (QED) is 0.411. The van der Waals surface area contributed by atoms with Crippen LogP contribution in [0.5, 0.6) is 5.75 Å². The van der Waals surface area contributed by atoms with Gasteiger partial charge in [0.05, 0.1) is 12.4 Å². The van der Waals surface area contributed by atoms with E-state index in [4.69, 9.17) is 4.74 Å². The van der Waals surface area contributed by atoms with Gasteiger partial charge in [-0.3, -0.25) is 4.39 Å². The predicted molar refractivity (Wildman–Crippen MR) is 63.8 cm³/mol. The molecular formula is C12H15BrF2OZn. The number of hydrogen-bond acceptors (Lipinski definition) is 1. The number of rotatable bonds is 6. The summed E-state index contributed by atoms with van der Waals surface area (Å²) in [6.45, 7) is 2.54. The molecule has 0 saturated carbocycles. The second-order valence-electron chi connectivity index (χ2n) is 3.39. The summed E-state index contributed by atoms with van der Waals surface area (Å²) in [6.07, 6.45) is 4.20. The number of unbranched alkanes of at least 4 members (excludes halogenated alkanes) is 3. The first-order valence-corrected chi connectivity index (χ1v) is 12.4. The Kier molecular flexibility index (Phi) is 11.1. The van der Waals surface area contributed by atoms with Crippen molar-refractivity contribution in [3.8, 4) is 5.75 Å². The second-order valence-corrected chi connectivity index (χ2v) is 3.39. The van der Waals surface area contributed by atoms with Crippen LogP contribution in [-0.2, 0) is 16.3 Å². The molecule has 92 valence electrons. The van der Waals surface area contributed by atoms with Crippen molar-refractivity contribution in [2.45, 2.75) is 32.6 Å². The van der Waals surface area contributed by atoms with E-state index in [1.165, 1.54) is 22.4 Å². The van der Waals surface area contributed by atoms with Crippen LogP contribution >= 0.6 is 13.6 Å². The Morgan fingerprint density at radius 3 is 2.59 bits per heavy atom. The monoisotopic (exact) mass is 356 g/mol. The maximum absolute atomic E-state index is 13.1. The Labute approximate surface area is 118 Å². The van der Waals surface area contributed by atoms with Gasteiger partial charge in [0.15, 0.2) is 0 Å². The van der Waals surface area contributed by atoms with Crippen molar-refractivity contribution in [3.63, 3.8) is 0 Å². The molecule has 0 aliphatic heterocycles. The van der Waals surface area contributed by atoms with Gasteiger partial charge in [0.2, 0.25) is 0 Å². The molecule has 0 radical (unpaired) electrons. The third-order valence-corrected chi connectivity index (χ3v) is 2.11. The van der Waals surface area contributed by atoms with Crippen molar-refractivity contribution in [2.24, 2.45) is 0 Å². The van der Waals surface area contributed by atoms with E-state index in [0.29, 0.717) is 6.61 Å². The Hall–Kier alpha value is -0.0166. The van der Waals surface area contributed by atoms with Crippen LogP contribution in [-0.4, -0.2) is 6.61 Å². The zero-order valence-electron chi connectivity index (χ0n) is 9.94. The fraction of sp³-hybridized carbons (Fsp3) is 0.500. The summed E-state index contributed by atoms with van der Waals surface area (Å²) in [7, 11) is 0. The van der Waals surface area contributed by atoms with E-state index in [1.54, 1.807) is 0 Å². The maximum atomic E-state index is 13.1. The fourth-order valence-electron chi connectivity index (χ4n) is 1.25. The average Bonchev–Trinajstić information content (AvgIpc) is 2.36. The van der Waals surface area contributed by atoms with Gasteiger partial charge in [0.25, 0.3) is 0 Å². The van der Waals surface area contributed by atoms with Gasteiger partial charge in [-0.1, -0.05) is 26.2 Å². The van der Waals surface area contributed by atoms with Crippen molar-refractivity contribution in [3.05, 3.63) is 29.8 Å². The molecule has 1 nitrogen and oxygen atoms in total. The Bertz CT molecular complexity index is 311. The van der Waals surface area contributed by atoms with Crippen LogP contribution in [0.4, 0.5) is 8.78 Å². The summed E-state index contributed by atoms with van der Waals surface area (Å²) in [5.74, 6) is -1.89. The molecule has 0 N–H and O–H groups in total. The first-order valence-electron chi connectivity index (χ1n) is 5.50. The molecule has 17 heavy (non-hydrogen) atoms. The molecule has 0 heterocycles. The van der Waals surface area contributed by atoms with Crippen LogP contribution in [0.1, 0.15) is 32.6 Å². The molecule has 0 aliphatic rings. The first kappa shape index (κ1) is 17.0. The molecule has 0 amide bonds. The van der Waals surface area contributed by atoms with Crippen LogP contribution in [0.25, 0.3) is 0 Å². The topological polar surface area (TPSA) is 9.23 Å². The van der Waals surface area contributed by atoms with Crippen LogP contribution in [0.15, 0.2) is 12.1 Å². The van der Waals surface area contributed by atoms with Crippen LogP contribution < -0.4 is 4.74 Å². The van der Waals surface area contributed by atoms with Crippen molar-refractivity contribution in [1.29, 1.82) is 0 Å². The number of benzene rings is 1. The third-order valence-electron chi connectivity index (χ3n) is 2.11. The first-order chi connectivity index (χ1) is 8.25. The summed E-state index contributed by atoms with van der Waals surface area (Å²) in [6, 6.07) is 4.76. The number of hydrogen-bond donors (Lipinski definition) is 0. The zero-order chi connectivity index (χ0) is 13.1. The summed E-state index contributed by atoms with van der Waals surface area (Å²) < 4.78 is 30.9. The second kappa shape index (κ2) is 11.1. The van der Waals surface area contributed by atoms with Crippen LogP contribution in [0, 0.1) is 17.7 Å². The van der Waals surface area contributed by atoms with Gasteiger partial charge in [-0.15, -0.1) is 12.1 Å². The van der Waals surface area contributed by atoms with Gasteiger partial charge in [0.1, 0.15) is 0 Å². The minimum absolute atomic E-state index is 0.0495. The van der Waals surface area contributed by atoms with Gasteiger partial charge in [0, 0.05) is 11.6 Å². The van der Waals surface area contributed by atoms with Crippen molar-refractivity contribution in [1.82, 2.24) is 0 Å². The molecule has 0 atom stereocenters. The van der Waals surface area contributed by atoms with E-state index < -0.39 is 11.6 Å². The molecule has 0 aromatic heterocycles. The SMILES string of the molecule is CCCCCCOc1c[c-]cc(F)c1F.[Zn+][Br]. The minimum atomic E-state index is -0.927. The van der Waals surface area contributed by atoms with E-state index >= 15 is 0 Å². The molecule has 1 aromatic carbocycles. The molecule has 0 saturated heterocycles. The molecule has 0 fully saturated rings. The van der Waals surface area contributed by atoms with E-state index in [-0.39, 0.29) is 5.75 Å². The van der Waals surface area contributed by atoms with Crippen molar-refractivity contribution in [2.75, 3.05) is 6.61 Å². The molecule has 0 unspecified atom stereocenters.